The minimum absolute atomic E-state index is 0.215. The molecule has 7 nitrogen and oxygen atoms in total. The highest BCUT2D eigenvalue weighted by Crippen LogP contribution is 2.25. The highest BCUT2D eigenvalue weighted by molar-refractivity contribution is 6.08. The van der Waals surface area contributed by atoms with Crippen LogP contribution in [0.2, 0.25) is 0 Å². The first-order valence-corrected chi connectivity index (χ1v) is 12.1. The topological polar surface area (TPSA) is 96.3 Å². The Labute approximate surface area is 220 Å². The number of hydrogen-bond acceptors (Lipinski definition) is 5. The first-order chi connectivity index (χ1) is 18.5. The van der Waals surface area contributed by atoms with Crippen LogP contribution in [0, 0.1) is 6.92 Å². The highest BCUT2D eigenvalue weighted by Gasteiger charge is 2.14. The summed E-state index contributed by atoms with van der Waals surface area (Å²) in [5.74, 6) is -0.537. The lowest BCUT2D eigenvalue weighted by atomic mass is 10.0. The molecule has 0 spiro atoms. The largest absolute Gasteiger partial charge is 0.322 e. The molecule has 0 saturated heterocycles. The van der Waals surface area contributed by atoms with E-state index in [-0.39, 0.29) is 11.8 Å². The first-order valence-electron chi connectivity index (χ1n) is 12.1. The standard InChI is InChI=1S/C31H25N5O2/c1-20-6-5-7-24(18-20)29-19-27(26-8-3-4-9-28(26)34-29)31(38)36-35-21(2)22-10-12-25(13-11-22)33-30(37)23-14-16-32-17-15-23/h3-19H,1-2H3,(H,33,37)(H,36,38)/b35-21+. The van der Waals surface area contributed by atoms with Crippen molar-refractivity contribution in [2.75, 3.05) is 5.32 Å². The van der Waals surface area contributed by atoms with Crippen molar-refractivity contribution >= 4 is 34.1 Å². The van der Waals surface area contributed by atoms with E-state index in [0.717, 1.165) is 33.3 Å². The second-order valence-corrected chi connectivity index (χ2v) is 8.85. The molecule has 0 fully saturated rings. The Morgan fingerprint density at radius 1 is 0.789 bits per heavy atom. The normalized spacial score (nSPS) is 11.3. The molecule has 0 aliphatic rings. The monoisotopic (exact) mass is 499 g/mol. The van der Waals surface area contributed by atoms with Crippen LogP contribution in [0.5, 0.6) is 0 Å². The van der Waals surface area contributed by atoms with Crippen molar-refractivity contribution < 1.29 is 9.59 Å². The number of amides is 2. The van der Waals surface area contributed by atoms with Crippen molar-refractivity contribution in [2.45, 2.75) is 13.8 Å². The maximum atomic E-state index is 13.3. The van der Waals surface area contributed by atoms with E-state index in [1.807, 2.05) is 74.5 Å². The average Bonchev–Trinajstić information content (AvgIpc) is 2.96. The third-order valence-corrected chi connectivity index (χ3v) is 6.10. The first kappa shape index (κ1) is 24.5. The molecule has 5 aromatic rings. The number of benzene rings is 3. The molecule has 0 aliphatic carbocycles. The number of anilines is 1. The lowest BCUT2D eigenvalue weighted by Crippen LogP contribution is -2.20. The summed E-state index contributed by atoms with van der Waals surface area (Å²) in [6, 6.07) is 28.0. The van der Waals surface area contributed by atoms with E-state index in [0.29, 0.717) is 22.5 Å². The van der Waals surface area contributed by atoms with Crippen LogP contribution in [0.1, 0.15) is 38.8 Å². The lowest BCUT2D eigenvalue weighted by molar-refractivity contribution is 0.0955. The predicted molar refractivity (Wildman–Crippen MR) is 150 cm³/mol. The summed E-state index contributed by atoms with van der Waals surface area (Å²) < 4.78 is 0. The van der Waals surface area contributed by atoms with Gasteiger partial charge in [0.2, 0.25) is 0 Å². The van der Waals surface area contributed by atoms with Crippen molar-refractivity contribution in [2.24, 2.45) is 5.10 Å². The SMILES string of the molecule is C/C(=N\NC(=O)c1cc(-c2cccc(C)c2)nc2ccccc12)c1ccc(NC(=O)c2ccncc2)cc1. The Morgan fingerprint density at radius 2 is 1.55 bits per heavy atom. The number of hydrazone groups is 1. The van der Waals surface area contributed by atoms with Crippen LogP contribution >= 0.6 is 0 Å². The van der Waals surface area contributed by atoms with Gasteiger partial charge in [-0.1, -0.05) is 54.1 Å². The molecule has 2 heterocycles. The zero-order chi connectivity index (χ0) is 26.5. The Balaban J connectivity index is 1.34. The van der Waals surface area contributed by atoms with Crippen LogP contribution in [-0.2, 0) is 0 Å². The maximum Gasteiger partial charge on any atom is 0.272 e. The molecule has 7 heteroatoms. The highest BCUT2D eigenvalue weighted by atomic mass is 16.2. The quantitative estimate of drug-likeness (QED) is 0.221. The third kappa shape index (κ3) is 5.47. The number of rotatable bonds is 6. The van der Waals surface area contributed by atoms with Gasteiger partial charge in [0.05, 0.1) is 22.5 Å². The molecule has 2 amide bonds. The zero-order valence-corrected chi connectivity index (χ0v) is 21.0. The molecule has 2 N–H and O–H groups in total. The van der Waals surface area contributed by atoms with Crippen LogP contribution in [0.15, 0.2) is 108 Å². The van der Waals surface area contributed by atoms with Crippen molar-refractivity contribution in [1.29, 1.82) is 0 Å². The van der Waals surface area contributed by atoms with Crippen LogP contribution in [0.4, 0.5) is 5.69 Å². The summed E-state index contributed by atoms with van der Waals surface area (Å²) in [7, 11) is 0. The van der Waals surface area contributed by atoms with E-state index in [9.17, 15) is 9.59 Å². The van der Waals surface area contributed by atoms with E-state index in [2.05, 4.69) is 20.8 Å². The zero-order valence-electron chi connectivity index (χ0n) is 21.0. The predicted octanol–water partition coefficient (Wildman–Crippen LogP) is 6.01. The minimum Gasteiger partial charge on any atom is -0.322 e. The van der Waals surface area contributed by atoms with Gasteiger partial charge in [0.25, 0.3) is 11.8 Å². The van der Waals surface area contributed by atoms with Gasteiger partial charge in [-0.3, -0.25) is 14.6 Å². The summed E-state index contributed by atoms with van der Waals surface area (Å²) >= 11 is 0. The number of pyridine rings is 2. The summed E-state index contributed by atoms with van der Waals surface area (Å²) in [5, 5.41) is 7.94. The Bertz CT molecular complexity index is 1660. The molecule has 0 bridgehead atoms. The van der Waals surface area contributed by atoms with Gasteiger partial charge in [-0.15, -0.1) is 0 Å². The van der Waals surface area contributed by atoms with Crippen LogP contribution < -0.4 is 10.7 Å². The molecule has 0 aliphatic heterocycles. The number of hydrogen-bond donors (Lipinski definition) is 2. The van der Waals surface area contributed by atoms with Gasteiger partial charge in [-0.05, 0) is 61.9 Å². The van der Waals surface area contributed by atoms with Crippen molar-refractivity contribution in [3.63, 3.8) is 0 Å². The molecule has 5 rings (SSSR count). The molecule has 186 valence electrons. The van der Waals surface area contributed by atoms with Crippen LogP contribution in [0.25, 0.3) is 22.2 Å². The van der Waals surface area contributed by atoms with E-state index >= 15 is 0 Å². The Hall–Kier alpha value is -5.17. The van der Waals surface area contributed by atoms with Gasteiger partial charge in [-0.2, -0.15) is 5.10 Å². The van der Waals surface area contributed by atoms with Gasteiger partial charge in [0.1, 0.15) is 0 Å². The Kier molecular flexibility index (Phi) is 6.99. The average molecular weight is 500 g/mol. The van der Waals surface area contributed by atoms with Crippen LogP contribution in [0.3, 0.4) is 0 Å². The summed E-state index contributed by atoms with van der Waals surface area (Å²) in [4.78, 5) is 34.3. The molecule has 38 heavy (non-hydrogen) atoms. The summed E-state index contributed by atoms with van der Waals surface area (Å²) in [6.45, 7) is 3.84. The van der Waals surface area contributed by atoms with E-state index in [1.54, 1.807) is 42.7 Å². The number of para-hydroxylation sites is 1. The fourth-order valence-corrected chi connectivity index (χ4v) is 4.08. The molecule has 0 saturated carbocycles. The van der Waals surface area contributed by atoms with Gasteiger partial charge in [0.15, 0.2) is 0 Å². The van der Waals surface area contributed by atoms with E-state index in [1.165, 1.54) is 0 Å². The number of nitrogens with one attached hydrogen (secondary N) is 2. The van der Waals surface area contributed by atoms with Crippen LogP contribution in [-0.4, -0.2) is 27.5 Å². The van der Waals surface area contributed by atoms with Crippen molar-refractivity contribution in [3.05, 3.63) is 126 Å². The number of carbonyl (C=O) groups is 2. The molecule has 3 aromatic carbocycles. The summed E-state index contributed by atoms with van der Waals surface area (Å²) in [6.07, 6.45) is 3.15. The number of aromatic nitrogens is 2. The smallest absolute Gasteiger partial charge is 0.272 e. The molecular weight excluding hydrogens is 474 g/mol. The Morgan fingerprint density at radius 3 is 2.32 bits per heavy atom. The second-order valence-electron chi connectivity index (χ2n) is 8.85. The minimum atomic E-state index is -0.321. The molecule has 0 atom stereocenters. The number of fused-ring (bicyclic) bond motifs is 1. The number of carbonyl (C=O) groups excluding carboxylic acids is 2. The number of nitrogens with zero attached hydrogens (tertiary/aromatic N) is 3. The van der Waals surface area contributed by atoms with Crippen molar-refractivity contribution in [1.82, 2.24) is 15.4 Å². The molecule has 0 unspecified atom stereocenters. The van der Waals surface area contributed by atoms with Gasteiger partial charge in [-0.25, -0.2) is 10.4 Å². The number of aryl methyl sites for hydroxylation is 1. The fourth-order valence-electron chi connectivity index (χ4n) is 4.08. The third-order valence-electron chi connectivity index (χ3n) is 6.10. The lowest BCUT2D eigenvalue weighted by Gasteiger charge is -2.10. The molecule has 2 aromatic heterocycles. The van der Waals surface area contributed by atoms with E-state index < -0.39 is 0 Å². The van der Waals surface area contributed by atoms with Gasteiger partial charge >= 0.3 is 0 Å². The van der Waals surface area contributed by atoms with Gasteiger partial charge < -0.3 is 5.32 Å². The second kappa shape index (κ2) is 10.8. The molecule has 0 radical (unpaired) electrons. The molecular formula is C31H25N5O2. The van der Waals surface area contributed by atoms with Crippen molar-refractivity contribution in [3.8, 4) is 11.3 Å². The maximum absolute atomic E-state index is 13.3. The van der Waals surface area contributed by atoms with E-state index in [4.69, 9.17) is 4.98 Å². The van der Waals surface area contributed by atoms with Gasteiger partial charge in [0, 0.05) is 34.6 Å². The fraction of sp³-hybridized carbons (Fsp3) is 0.0645. The summed E-state index contributed by atoms with van der Waals surface area (Å²) in [5.41, 5.74) is 9.33.